The fourth-order valence-corrected chi connectivity index (χ4v) is 11.6. The first kappa shape index (κ1) is 126. The van der Waals surface area contributed by atoms with E-state index in [0.29, 0.717) is 0 Å². The predicted octanol–water partition coefficient (Wildman–Crippen LogP) is 4.19. The van der Waals surface area contributed by atoms with Gasteiger partial charge in [-0.3, -0.25) is 0 Å². The van der Waals surface area contributed by atoms with Crippen LogP contribution in [0.1, 0.15) is 77.0 Å². The van der Waals surface area contributed by atoms with Gasteiger partial charge in [0.2, 0.25) is 16.8 Å². The minimum Gasteiger partial charge on any atom is -0.462 e. The largest absolute Gasteiger partial charge is 0.462 e. The van der Waals surface area contributed by atoms with E-state index >= 15 is 0 Å². The van der Waals surface area contributed by atoms with E-state index < -0.39 is 297 Å². The van der Waals surface area contributed by atoms with Gasteiger partial charge in [0.25, 0.3) is 0 Å². The van der Waals surface area contributed by atoms with Crippen LogP contribution in [0.5, 0.6) is 0 Å². The number of rotatable bonds is 81. The summed E-state index contributed by atoms with van der Waals surface area (Å²) in [6.07, 6.45) is 10.8. The molecule has 1 heterocycles. The minimum atomic E-state index is -2.23. The van der Waals surface area contributed by atoms with Crippen LogP contribution in [0.4, 0.5) is 14.4 Å². The predicted molar refractivity (Wildman–Crippen MR) is 503 cm³/mol. The van der Waals surface area contributed by atoms with Crippen LogP contribution < -0.4 is 33.0 Å². The Kier molecular flexibility index (Phi) is 61.4. The standard InChI is InChI=1S/C96H126N6O42/c1-16-70(103)127-52-91(53-128-71(104)17-2,54-129-72(105)18-3)49-124-61-94(64-136-79(112)25-10,65-137-80(113)26-11)142-85(118)97-43-37-31-34-40-46-100-88(121)101(47-41-35-32-38-44-98-86(119)143-95(66-138-81(114)27-12,67-139-82(115)28-13)62-125-50-92(55-130-73(106)19-4,56-131-74(107)20-5)57-132-75(108)21-6)90(123)102(89(100)122)48-42-36-33-39-45-99-87(120)144-96(68-140-83(116)29-14,69-141-84(117)30-15)63-126-51-93(58-133-76(109)22-7,59-134-77(110)23-8)60-135-78(111)24-9/h16-30H,1-15,31-69H2,(H,97,118)(H,98,119)(H,99,120). The van der Waals surface area contributed by atoms with Crippen LogP contribution in [-0.4, -0.2) is 297 Å². The average Bonchev–Trinajstić information content (AvgIpc) is 0.784. The van der Waals surface area contributed by atoms with Crippen molar-refractivity contribution in [2.75, 3.05) is 158 Å². The summed E-state index contributed by atoms with van der Waals surface area (Å²) in [6.45, 7) is 33.3. The van der Waals surface area contributed by atoms with E-state index in [1.165, 1.54) is 0 Å². The third-order valence-electron chi connectivity index (χ3n) is 19.4. The lowest BCUT2D eigenvalue weighted by Crippen LogP contribution is -2.54. The number of hydrogen-bond acceptors (Lipinski definition) is 42. The SMILES string of the molecule is C=CC(=O)OCC(COCC(COC(=O)C=C)(COC(=O)C=C)OC(=O)NCCCCCCn1c(=O)n(CCCCCCNC(=O)OC(COCC(COC(=O)C=C)(COC(=O)C=C)COC(=O)C=C)(COC(=O)C=C)COC(=O)C=C)c(=O)n(CCCCCCNC(=O)OC(COCC(COC(=O)C=C)(COC(=O)C=C)COC(=O)C=C)(COC(=O)C=C)COC(=O)C=C)c1=O)(COC(=O)C=C)COC(=O)C=C. The molecular weight excluding hydrogens is 1910 g/mol. The molecule has 1 aromatic heterocycles. The average molecular weight is 2040 g/mol. The summed E-state index contributed by atoms with van der Waals surface area (Å²) < 4.78 is 117. The van der Waals surface area contributed by atoms with E-state index in [9.17, 15) is 101 Å². The van der Waals surface area contributed by atoms with Gasteiger partial charge in [0.05, 0.1) is 55.9 Å². The van der Waals surface area contributed by atoms with Gasteiger partial charge in [0, 0.05) is 130 Å². The van der Waals surface area contributed by atoms with Crippen molar-refractivity contribution in [1.29, 1.82) is 0 Å². The van der Waals surface area contributed by atoms with Crippen molar-refractivity contribution in [2.45, 2.75) is 113 Å². The Hall–Kier alpha value is -15.8. The zero-order chi connectivity index (χ0) is 108. The summed E-state index contributed by atoms with van der Waals surface area (Å²) in [5, 5.41) is 7.58. The molecule has 1 rings (SSSR count). The van der Waals surface area contributed by atoms with Gasteiger partial charge in [0.15, 0.2) is 0 Å². The second-order valence-corrected chi connectivity index (χ2v) is 31.2. The molecular formula is C96H126N6O42. The van der Waals surface area contributed by atoms with Gasteiger partial charge in [0.1, 0.15) is 99.1 Å². The van der Waals surface area contributed by atoms with Crippen LogP contribution in [0, 0.1) is 16.2 Å². The molecule has 0 saturated heterocycles. The molecule has 0 radical (unpaired) electrons. The van der Waals surface area contributed by atoms with Gasteiger partial charge in [-0.2, -0.15) is 0 Å². The highest BCUT2D eigenvalue weighted by molar-refractivity contribution is 5.87. The summed E-state index contributed by atoms with van der Waals surface area (Å²) in [6, 6.07) is 0. The Morgan fingerprint density at radius 2 is 0.333 bits per heavy atom. The maximum atomic E-state index is 14.5. The number of aromatic nitrogens is 3. The van der Waals surface area contributed by atoms with Crippen molar-refractivity contribution in [2.24, 2.45) is 16.2 Å². The van der Waals surface area contributed by atoms with E-state index in [-0.39, 0.29) is 116 Å². The number of carbonyl (C=O) groups is 18. The molecule has 0 saturated carbocycles. The number of nitrogens with one attached hydrogen (secondary N) is 3. The highest BCUT2D eigenvalue weighted by Crippen LogP contribution is 2.29. The maximum absolute atomic E-state index is 14.5. The number of carbonyl (C=O) groups excluding carboxylic acids is 18. The molecule has 0 atom stereocenters. The maximum Gasteiger partial charge on any atom is 0.408 e. The van der Waals surface area contributed by atoms with Crippen molar-refractivity contribution in [1.82, 2.24) is 29.7 Å². The fourth-order valence-electron chi connectivity index (χ4n) is 11.6. The fraction of sp³-hybridized carbons (Fsp3) is 0.469. The van der Waals surface area contributed by atoms with Crippen molar-refractivity contribution >= 4 is 108 Å². The van der Waals surface area contributed by atoms with Crippen LogP contribution in [-0.2, 0) is 191 Å². The summed E-state index contributed by atoms with van der Waals surface area (Å²) in [5.41, 5.74) is -14.9. The molecule has 0 aliphatic rings. The molecule has 3 amide bonds. The Morgan fingerprint density at radius 1 is 0.194 bits per heavy atom. The van der Waals surface area contributed by atoms with Crippen molar-refractivity contribution in [3.8, 4) is 0 Å². The van der Waals surface area contributed by atoms with E-state index in [1.807, 2.05) is 0 Å². The molecule has 48 nitrogen and oxygen atoms in total. The molecule has 0 fully saturated rings. The quantitative estimate of drug-likeness (QED) is 0.0356. The molecule has 1 aromatic rings. The lowest BCUT2D eigenvalue weighted by Gasteiger charge is -2.35. The molecule has 3 N–H and O–H groups in total. The molecule has 48 heteroatoms. The molecule has 144 heavy (non-hydrogen) atoms. The van der Waals surface area contributed by atoms with Crippen molar-refractivity contribution < 1.29 is 186 Å². The van der Waals surface area contributed by atoms with E-state index in [4.69, 9.17) is 99.5 Å². The number of nitrogens with zero attached hydrogens (tertiary/aromatic N) is 3. The van der Waals surface area contributed by atoms with Crippen LogP contribution in [0.2, 0.25) is 0 Å². The first-order valence-corrected chi connectivity index (χ1v) is 44.1. The third kappa shape index (κ3) is 50.9. The van der Waals surface area contributed by atoms with Gasteiger partial charge in [-0.25, -0.2) is 114 Å². The number of unbranched alkanes of at least 4 members (excludes halogenated alkanes) is 9. The number of ether oxygens (including phenoxy) is 21. The lowest BCUT2D eigenvalue weighted by molar-refractivity contribution is -0.177. The van der Waals surface area contributed by atoms with Gasteiger partial charge in [-0.15, -0.1) is 0 Å². The van der Waals surface area contributed by atoms with Crippen LogP contribution in [0.3, 0.4) is 0 Å². The van der Waals surface area contributed by atoms with Crippen LogP contribution in [0.25, 0.3) is 0 Å². The smallest absolute Gasteiger partial charge is 0.408 e. The second-order valence-electron chi connectivity index (χ2n) is 31.2. The first-order chi connectivity index (χ1) is 68.6. The zero-order valence-electron chi connectivity index (χ0n) is 80.3. The van der Waals surface area contributed by atoms with Crippen molar-refractivity contribution in [3.05, 3.63) is 221 Å². The molecule has 0 spiro atoms. The van der Waals surface area contributed by atoms with E-state index in [0.717, 1.165) is 105 Å². The summed E-state index contributed by atoms with van der Waals surface area (Å²) in [5.74, 6) is -15.0. The lowest BCUT2D eigenvalue weighted by atomic mass is 9.92. The normalized spacial score (nSPS) is 11.0. The second kappa shape index (κ2) is 70.0. The van der Waals surface area contributed by atoms with Crippen LogP contribution >= 0.6 is 0 Å². The van der Waals surface area contributed by atoms with Crippen LogP contribution in [0.15, 0.2) is 204 Å². The minimum absolute atomic E-state index is 0.113. The summed E-state index contributed by atoms with van der Waals surface area (Å²) in [7, 11) is 0. The Labute approximate surface area is 829 Å². The van der Waals surface area contributed by atoms with E-state index in [1.54, 1.807) is 0 Å². The number of hydrogen-bond donors (Lipinski definition) is 3. The third-order valence-corrected chi connectivity index (χ3v) is 19.4. The van der Waals surface area contributed by atoms with Gasteiger partial charge < -0.3 is 115 Å². The number of esters is 15. The topological polar surface area (TPSA) is 603 Å². The first-order valence-electron chi connectivity index (χ1n) is 44.1. The number of amides is 3. The molecule has 792 valence electrons. The van der Waals surface area contributed by atoms with Gasteiger partial charge >= 0.3 is 125 Å². The highest BCUT2D eigenvalue weighted by atomic mass is 16.7. The molecule has 0 aliphatic heterocycles. The molecule has 0 bridgehead atoms. The molecule has 0 unspecified atom stereocenters. The monoisotopic (exact) mass is 2030 g/mol. The summed E-state index contributed by atoms with van der Waals surface area (Å²) in [4.78, 5) is 271. The van der Waals surface area contributed by atoms with E-state index in [2.05, 4.69) is 115 Å². The summed E-state index contributed by atoms with van der Waals surface area (Å²) >= 11 is 0. The Balaban J connectivity index is 3.88. The highest BCUT2D eigenvalue weighted by Gasteiger charge is 2.47. The van der Waals surface area contributed by atoms with Gasteiger partial charge in [-0.05, 0) is 38.5 Å². The number of alkyl carbamates (subject to hydrolysis) is 3. The van der Waals surface area contributed by atoms with Gasteiger partial charge in [-0.1, -0.05) is 137 Å². The molecule has 0 aromatic carbocycles. The Morgan fingerprint density at radius 3 is 0.479 bits per heavy atom. The Bertz CT molecular complexity index is 4140. The van der Waals surface area contributed by atoms with Crippen molar-refractivity contribution in [3.63, 3.8) is 0 Å². The zero-order valence-corrected chi connectivity index (χ0v) is 80.3. The molecule has 0 aliphatic carbocycles.